The molecule has 0 heterocycles. The summed E-state index contributed by atoms with van der Waals surface area (Å²) >= 11 is 0. The van der Waals surface area contributed by atoms with Crippen LogP contribution in [0.2, 0.25) is 0 Å². The van der Waals surface area contributed by atoms with Crippen LogP contribution in [0, 0.1) is 0 Å². The van der Waals surface area contributed by atoms with E-state index in [1.54, 1.807) is 19.0 Å². The van der Waals surface area contributed by atoms with Gasteiger partial charge in [0.25, 0.3) is 0 Å². The predicted molar refractivity (Wildman–Crippen MR) is 82.1 cm³/mol. The van der Waals surface area contributed by atoms with E-state index in [2.05, 4.69) is 10.3 Å². The lowest BCUT2D eigenvalue weighted by molar-refractivity contribution is -0.130. The summed E-state index contributed by atoms with van der Waals surface area (Å²) in [5.41, 5.74) is 4.13. The van der Waals surface area contributed by atoms with Gasteiger partial charge in [-0.1, -0.05) is 31.2 Å². The molecule has 1 rings (SSSR count). The van der Waals surface area contributed by atoms with Gasteiger partial charge in [-0.05, 0) is 17.7 Å². The van der Waals surface area contributed by atoms with Gasteiger partial charge in [0.2, 0.25) is 11.8 Å². The molecular formula is C15H24N4O2. The third-order valence-electron chi connectivity index (χ3n) is 3.26. The zero-order chi connectivity index (χ0) is 15.8. The SMILES string of the molecule is CCN(CC(=O)N(C)C)Cc1ccc(CC(=O)NN)cc1. The number of carbonyl (C=O) groups is 2. The van der Waals surface area contributed by atoms with Crippen LogP contribution in [0.25, 0.3) is 0 Å². The van der Waals surface area contributed by atoms with E-state index in [1.165, 1.54) is 0 Å². The van der Waals surface area contributed by atoms with Gasteiger partial charge >= 0.3 is 0 Å². The van der Waals surface area contributed by atoms with Gasteiger partial charge in [0.15, 0.2) is 0 Å². The molecule has 0 fully saturated rings. The average molecular weight is 292 g/mol. The predicted octanol–water partition coefficient (Wildman–Crippen LogP) is 0.129. The molecular weight excluding hydrogens is 268 g/mol. The van der Waals surface area contributed by atoms with E-state index >= 15 is 0 Å². The summed E-state index contributed by atoms with van der Waals surface area (Å²) in [6.07, 6.45) is 0.271. The monoisotopic (exact) mass is 292 g/mol. The van der Waals surface area contributed by atoms with Crippen LogP contribution in [-0.4, -0.2) is 48.8 Å². The van der Waals surface area contributed by atoms with Crippen molar-refractivity contribution >= 4 is 11.8 Å². The molecule has 3 N–H and O–H groups in total. The largest absolute Gasteiger partial charge is 0.348 e. The van der Waals surface area contributed by atoms with E-state index in [-0.39, 0.29) is 18.2 Å². The Labute approximate surface area is 125 Å². The van der Waals surface area contributed by atoms with Crippen LogP contribution in [0.4, 0.5) is 0 Å². The summed E-state index contributed by atoms with van der Waals surface area (Å²) in [6.45, 7) is 3.94. The molecule has 1 aromatic rings. The summed E-state index contributed by atoms with van der Waals surface area (Å²) in [5.74, 6) is 4.94. The summed E-state index contributed by atoms with van der Waals surface area (Å²) in [7, 11) is 3.51. The van der Waals surface area contributed by atoms with E-state index in [0.29, 0.717) is 13.1 Å². The first-order valence-electron chi connectivity index (χ1n) is 6.96. The Hall–Kier alpha value is -1.92. The second-order valence-corrected chi connectivity index (χ2v) is 5.15. The molecule has 0 spiro atoms. The Morgan fingerprint density at radius 2 is 1.71 bits per heavy atom. The number of carbonyl (C=O) groups excluding carboxylic acids is 2. The highest BCUT2D eigenvalue weighted by Crippen LogP contribution is 2.08. The summed E-state index contributed by atoms with van der Waals surface area (Å²) < 4.78 is 0. The number of benzene rings is 1. The van der Waals surface area contributed by atoms with Crippen LogP contribution in [0.5, 0.6) is 0 Å². The standard InChI is InChI=1S/C15H24N4O2/c1-4-19(11-15(21)18(2)3)10-13-7-5-12(6-8-13)9-14(20)17-16/h5-8H,4,9-11,16H2,1-3H3,(H,17,20). The number of hydrogen-bond donors (Lipinski definition) is 2. The maximum Gasteiger partial charge on any atom is 0.238 e. The highest BCUT2D eigenvalue weighted by atomic mass is 16.2. The lowest BCUT2D eigenvalue weighted by atomic mass is 10.1. The first-order valence-corrected chi connectivity index (χ1v) is 6.96. The van der Waals surface area contributed by atoms with Crippen LogP contribution in [0.15, 0.2) is 24.3 Å². The van der Waals surface area contributed by atoms with Crippen molar-refractivity contribution in [1.82, 2.24) is 15.2 Å². The smallest absolute Gasteiger partial charge is 0.238 e. The molecule has 0 aliphatic heterocycles. The number of nitrogens with zero attached hydrogens (tertiary/aromatic N) is 2. The molecule has 0 aromatic heterocycles. The Balaban J connectivity index is 2.60. The fourth-order valence-corrected chi connectivity index (χ4v) is 1.87. The Morgan fingerprint density at radius 1 is 1.14 bits per heavy atom. The number of nitrogens with one attached hydrogen (secondary N) is 1. The van der Waals surface area contributed by atoms with Gasteiger partial charge in [-0.3, -0.25) is 19.9 Å². The van der Waals surface area contributed by atoms with Gasteiger partial charge in [-0.2, -0.15) is 0 Å². The van der Waals surface area contributed by atoms with Gasteiger partial charge in [0.05, 0.1) is 13.0 Å². The number of rotatable bonds is 7. The van der Waals surface area contributed by atoms with Crippen molar-refractivity contribution in [3.63, 3.8) is 0 Å². The Bertz CT molecular complexity index is 471. The van der Waals surface area contributed by atoms with Crippen molar-refractivity contribution in [3.05, 3.63) is 35.4 Å². The Kier molecular flexibility index (Phi) is 6.84. The van der Waals surface area contributed by atoms with E-state index in [9.17, 15) is 9.59 Å². The van der Waals surface area contributed by atoms with Crippen molar-refractivity contribution in [2.24, 2.45) is 5.84 Å². The zero-order valence-corrected chi connectivity index (χ0v) is 12.9. The fraction of sp³-hybridized carbons (Fsp3) is 0.467. The van der Waals surface area contributed by atoms with E-state index in [0.717, 1.165) is 17.7 Å². The number of likely N-dealkylation sites (N-methyl/N-ethyl adjacent to an activating group) is 2. The summed E-state index contributed by atoms with van der Waals surface area (Å²) in [5, 5.41) is 0. The Morgan fingerprint density at radius 3 is 2.19 bits per heavy atom. The number of amides is 2. The topological polar surface area (TPSA) is 78.7 Å². The van der Waals surface area contributed by atoms with E-state index < -0.39 is 0 Å². The molecule has 6 nitrogen and oxygen atoms in total. The van der Waals surface area contributed by atoms with Gasteiger partial charge in [-0.15, -0.1) is 0 Å². The highest BCUT2D eigenvalue weighted by molar-refractivity contribution is 5.78. The molecule has 0 radical (unpaired) electrons. The van der Waals surface area contributed by atoms with Crippen molar-refractivity contribution in [1.29, 1.82) is 0 Å². The molecule has 6 heteroatoms. The minimum Gasteiger partial charge on any atom is -0.348 e. The fourth-order valence-electron chi connectivity index (χ4n) is 1.87. The van der Waals surface area contributed by atoms with Crippen molar-refractivity contribution in [3.8, 4) is 0 Å². The van der Waals surface area contributed by atoms with Gasteiger partial charge in [0, 0.05) is 20.6 Å². The third-order valence-corrected chi connectivity index (χ3v) is 3.26. The van der Waals surface area contributed by atoms with Crippen LogP contribution in [0.1, 0.15) is 18.1 Å². The quantitative estimate of drug-likeness (QED) is 0.425. The second kappa shape index (κ2) is 8.39. The normalized spacial score (nSPS) is 10.5. The molecule has 0 saturated carbocycles. The maximum absolute atomic E-state index is 11.7. The minimum atomic E-state index is -0.213. The van der Waals surface area contributed by atoms with Gasteiger partial charge < -0.3 is 4.90 Å². The molecule has 1 aromatic carbocycles. The molecule has 0 aliphatic rings. The molecule has 0 saturated heterocycles. The summed E-state index contributed by atoms with van der Waals surface area (Å²) in [4.78, 5) is 26.6. The molecule has 116 valence electrons. The summed E-state index contributed by atoms with van der Waals surface area (Å²) in [6, 6.07) is 7.77. The molecule has 0 unspecified atom stereocenters. The number of nitrogens with two attached hydrogens (primary N) is 1. The average Bonchev–Trinajstić information content (AvgIpc) is 2.47. The van der Waals surface area contributed by atoms with Gasteiger partial charge in [-0.25, -0.2) is 5.84 Å². The van der Waals surface area contributed by atoms with E-state index in [1.807, 2.05) is 31.2 Å². The highest BCUT2D eigenvalue weighted by Gasteiger charge is 2.11. The van der Waals surface area contributed by atoms with Crippen molar-refractivity contribution in [2.45, 2.75) is 19.9 Å². The van der Waals surface area contributed by atoms with E-state index in [4.69, 9.17) is 5.84 Å². The van der Waals surface area contributed by atoms with Crippen LogP contribution in [0.3, 0.4) is 0 Å². The first-order chi connectivity index (χ1) is 9.96. The van der Waals surface area contributed by atoms with Crippen LogP contribution in [-0.2, 0) is 22.6 Å². The minimum absolute atomic E-state index is 0.0908. The van der Waals surface area contributed by atoms with Crippen LogP contribution < -0.4 is 11.3 Å². The third kappa shape index (κ3) is 5.93. The molecule has 0 aliphatic carbocycles. The zero-order valence-electron chi connectivity index (χ0n) is 12.9. The van der Waals surface area contributed by atoms with Crippen molar-refractivity contribution in [2.75, 3.05) is 27.2 Å². The second-order valence-electron chi connectivity index (χ2n) is 5.15. The number of hydrazine groups is 1. The molecule has 2 amide bonds. The lowest BCUT2D eigenvalue weighted by Crippen LogP contribution is -2.36. The lowest BCUT2D eigenvalue weighted by Gasteiger charge is -2.22. The maximum atomic E-state index is 11.7. The number of hydrogen-bond acceptors (Lipinski definition) is 4. The van der Waals surface area contributed by atoms with Crippen molar-refractivity contribution < 1.29 is 9.59 Å². The molecule has 0 bridgehead atoms. The van der Waals surface area contributed by atoms with Gasteiger partial charge in [0.1, 0.15) is 0 Å². The first kappa shape index (κ1) is 17.1. The van der Waals surface area contributed by atoms with Crippen LogP contribution >= 0.6 is 0 Å². The molecule has 21 heavy (non-hydrogen) atoms. The molecule has 0 atom stereocenters.